The molecule has 0 saturated heterocycles. The standard InChI is InChI=1S/C25H39NO6/c1-15-16(13-21(29)32-12-11-26(4)5)7-8-17-22(15)18(27)14-19-24(17,2)10-9-20(28)25(19,3)23(30)31-6/h13,15,17,19-20,22,28H,7-12,14H2,1-6H3/b16-13-/t15-,17-,19+,20-,22-,24+,25+/m0/s1. The Hall–Kier alpha value is -1.73. The van der Waals surface area contributed by atoms with E-state index in [1.54, 1.807) is 13.0 Å². The van der Waals surface area contributed by atoms with Crippen LogP contribution in [0.1, 0.15) is 52.9 Å². The van der Waals surface area contributed by atoms with Crippen molar-refractivity contribution in [1.82, 2.24) is 4.90 Å². The van der Waals surface area contributed by atoms with Gasteiger partial charge in [-0.05, 0) is 69.9 Å². The van der Waals surface area contributed by atoms with Crippen LogP contribution in [0.2, 0.25) is 0 Å². The quantitative estimate of drug-likeness (QED) is 0.509. The van der Waals surface area contributed by atoms with Crippen molar-refractivity contribution in [2.24, 2.45) is 34.5 Å². The van der Waals surface area contributed by atoms with Crippen LogP contribution in [0.4, 0.5) is 0 Å². The molecule has 0 aromatic heterocycles. The molecule has 0 spiro atoms. The number of Topliss-reactive ketones (excluding diaryl/α,β-unsaturated/α-hetero) is 1. The summed E-state index contributed by atoms with van der Waals surface area (Å²) >= 11 is 0. The molecule has 1 N–H and O–H groups in total. The van der Waals surface area contributed by atoms with E-state index >= 15 is 0 Å². The number of nitrogens with zero attached hydrogens (tertiary/aromatic N) is 1. The Morgan fingerprint density at radius 1 is 1.25 bits per heavy atom. The third-order valence-electron chi connectivity index (χ3n) is 8.81. The van der Waals surface area contributed by atoms with Crippen molar-refractivity contribution < 1.29 is 29.0 Å². The topological polar surface area (TPSA) is 93.1 Å². The number of ether oxygens (including phenoxy) is 2. The number of ketones is 1. The van der Waals surface area contributed by atoms with Crippen LogP contribution >= 0.6 is 0 Å². The smallest absolute Gasteiger partial charge is 0.330 e. The van der Waals surface area contributed by atoms with Gasteiger partial charge >= 0.3 is 11.9 Å². The van der Waals surface area contributed by atoms with E-state index < -0.39 is 17.5 Å². The molecule has 0 aromatic carbocycles. The van der Waals surface area contributed by atoms with E-state index in [0.29, 0.717) is 19.6 Å². The van der Waals surface area contributed by atoms with E-state index in [0.717, 1.165) is 24.8 Å². The third-order valence-corrected chi connectivity index (χ3v) is 8.81. The van der Waals surface area contributed by atoms with E-state index in [4.69, 9.17) is 9.47 Å². The van der Waals surface area contributed by atoms with Gasteiger partial charge in [0.05, 0.1) is 18.6 Å². The number of aliphatic hydroxyl groups is 1. The molecular formula is C25H39NO6. The van der Waals surface area contributed by atoms with E-state index in [1.165, 1.54) is 7.11 Å². The Bertz CT molecular complexity index is 791. The number of carbonyl (C=O) groups excluding carboxylic acids is 3. The maximum atomic E-state index is 13.4. The van der Waals surface area contributed by atoms with Gasteiger partial charge in [0, 0.05) is 25.0 Å². The van der Waals surface area contributed by atoms with Crippen molar-refractivity contribution >= 4 is 17.7 Å². The summed E-state index contributed by atoms with van der Waals surface area (Å²) in [6.07, 6.45) is 3.84. The highest BCUT2D eigenvalue weighted by molar-refractivity contribution is 5.87. The van der Waals surface area contributed by atoms with Gasteiger partial charge in [-0.3, -0.25) is 9.59 Å². The molecule has 3 fully saturated rings. The van der Waals surface area contributed by atoms with Crippen LogP contribution in [-0.2, 0) is 23.9 Å². The monoisotopic (exact) mass is 449 g/mol. The van der Waals surface area contributed by atoms with Crippen LogP contribution in [-0.4, -0.2) is 68.2 Å². The minimum absolute atomic E-state index is 0.0448. The lowest BCUT2D eigenvalue weighted by molar-refractivity contribution is -0.197. The molecule has 3 saturated carbocycles. The van der Waals surface area contributed by atoms with Gasteiger partial charge in [-0.1, -0.05) is 19.4 Å². The number of hydrogen-bond donors (Lipinski definition) is 1. The molecule has 0 aromatic rings. The summed E-state index contributed by atoms with van der Waals surface area (Å²) in [5.41, 5.74) is -0.354. The number of hydrogen-bond acceptors (Lipinski definition) is 7. The molecule has 0 unspecified atom stereocenters. The second-order valence-corrected chi connectivity index (χ2v) is 10.7. The molecular weight excluding hydrogens is 410 g/mol. The van der Waals surface area contributed by atoms with Crippen molar-refractivity contribution in [2.45, 2.75) is 59.0 Å². The third kappa shape index (κ3) is 4.14. The molecule has 7 atom stereocenters. The Morgan fingerprint density at radius 3 is 2.56 bits per heavy atom. The first-order chi connectivity index (χ1) is 15.0. The van der Waals surface area contributed by atoms with E-state index in [9.17, 15) is 19.5 Å². The molecule has 7 heteroatoms. The molecule has 7 nitrogen and oxygen atoms in total. The van der Waals surface area contributed by atoms with E-state index in [2.05, 4.69) is 6.92 Å². The molecule has 0 bridgehead atoms. The Kier molecular flexibility index (Phi) is 7.20. The molecule has 3 rings (SSSR count). The van der Waals surface area contributed by atoms with Crippen molar-refractivity contribution in [3.63, 3.8) is 0 Å². The zero-order valence-electron chi connectivity index (χ0n) is 20.3. The number of methoxy groups -OCH3 is 1. The highest BCUT2D eigenvalue weighted by Gasteiger charge is 2.65. The van der Waals surface area contributed by atoms with E-state index in [1.807, 2.05) is 25.9 Å². The number of carbonyl (C=O) groups is 3. The molecule has 32 heavy (non-hydrogen) atoms. The zero-order chi connectivity index (χ0) is 23.8. The highest BCUT2D eigenvalue weighted by atomic mass is 16.5. The second kappa shape index (κ2) is 9.26. The fourth-order valence-electron chi connectivity index (χ4n) is 6.84. The first-order valence-corrected chi connectivity index (χ1v) is 11.8. The van der Waals surface area contributed by atoms with Gasteiger partial charge in [-0.25, -0.2) is 4.79 Å². The van der Waals surface area contributed by atoms with Crippen molar-refractivity contribution in [2.75, 3.05) is 34.4 Å². The average Bonchev–Trinajstić information content (AvgIpc) is 2.73. The molecule has 180 valence electrons. The Labute approximate surface area is 191 Å². The molecule has 0 amide bonds. The number of aliphatic hydroxyl groups excluding tert-OH is 1. The first-order valence-electron chi connectivity index (χ1n) is 11.8. The fourth-order valence-corrected chi connectivity index (χ4v) is 6.84. The van der Waals surface area contributed by atoms with Crippen LogP contribution in [0.15, 0.2) is 11.6 Å². The summed E-state index contributed by atoms with van der Waals surface area (Å²) < 4.78 is 10.4. The number of fused-ring (bicyclic) bond motifs is 3. The average molecular weight is 450 g/mol. The zero-order valence-corrected chi connectivity index (χ0v) is 20.3. The molecule has 0 heterocycles. The Morgan fingerprint density at radius 2 is 1.94 bits per heavy atom. The lowest BCUT2D eigenvalue weighted by atomic mass is 9.42. The SMILES string of the molecule is COC(=O)[C@]1(C)[C@@H]2CC(=O)[C@H]3[C@@H](C)/C(=C\C(=O)OCCN(C)C)CC[C@@H]3[C@@]2(C)CC[C@@H]1O. The van der Waals surface area contributed by atoms with Gasteiger partial charge in [0.25, 0.3) is 0 Å². The number of rotatable bonds is 5. The van der Waals surface area contributed by atoms with Gasteiger partial charge < -0.3 is 19.5 Å². The summed E-state index contributed by atoms with van der Waals surface area (Å²) in [6.45, 7) is 6.99. The van der Waals surface area contributed by atoms with Crippen molar-refractivity contribution in [1.29, 1.82) is 0 Å². The van der Waals surface area contributed by atoms with E-state index in [-0.39, 0.29) is 47.3 Å². The lowest BCUT2D eigenvalue weighted by Crippen LogP contribution is -2.63. The van der Waals surface area contributed by atoms with Crippen LogP contribution in [0.3, 0.4) is 0 Å². The van der Waals surface area contributed by atoms with Gasteiger partial charge in [-0.2, -0.15) is 0 Å². The summed E-state index contributed by atoms with van der Waals surface area (Å²) in [4.78, 5) is 40.5. The van der Waals surface area contributed by atoms with Gasteiger partial charge in [0.15, 0.2) is 0 Å². The van der Waals surface area contributed by atoms with Crippen LogP contribution in [0.25, 0.3) is 0 Å². The molecule has 3 aliphatic rings. The summed E-state index contributed by atoms with van der Waals surface area (Å²) in [5, 5.41) is 10.8. The van der Waals surface area contributed by atoms with Gasteiger partial charge in [0.1, 0.15) is 12.4 Å². The highest BCUT2D eigenvalue weighted by Crippen LogP contribution is 2.64. The maximum Gasteiger partial charge on any atom is 0.330 e. The van der Waals surface area contributed by atoms with Gasteiger partial charge in [-0.15, -0.1) is 0 Å². The lowest BCUT2D eigenvalue weighted by Gasteiger charge is -2.61. The van der Waals surface area contributed by atoms with Crippen LogP contribution in [0.5, 0.6) is 0 Å². The van der Waals surface area contributed by atoms with Crippen molar-refractivity contribution in [3.05, 3.63) is 11.6 Å². The van der Waals surface area contributed by atoms with Crippen LogP contribution in [0, 0.1) is 34.5 Å². The minimum Gasteiger partial charge on any atom is -0.469 e. The predicted octanol–water partition coefficient (Wildman–Crippen LogP) is 2.61. The number of likely N-dealkylation sites (N-methyl/N-ethyl adjacent to an activating group) is 1. The predicted molar refractivity (Wildman–Crippen MR) is 120 cm³/mol. The molecule has 3 aliphatic carbocycles. The first kappa shape index (κ1) is 24.9. The summed E-state index contributed by atoms with van der Waals surface area (Å²) in [7, 11) is 5.19. The largest absolute Gasteiger partial charge is 0.469 e. The minimum atomic E-state index is -1.09. The normalized spacial score (nSPS) is 40.6. The number of allylic oxidation sites excluding steroid dienone is 1. The number of esters is 2. The maximum absolute atomic E-state index is 13.4. The Balaban J connectivity index is 1.84. The summed E-state index contributed by atoms with van der Waals surface area (Å²) in [5.74, 6) is -1.02. The fraction of sp³-hybridized carbons (Fsp3) is 0.800. The second-order valence-electron chi connectivity index (χ2n) is 10.7. The van der Waals surface area contributed by atoms with Crippen molar-refractivity contribution in [3.8, 4) is 0 Å². The summed E-state index contributed by atoms with van der Waals surface area (Å²) in [6, 6.07) is 0. The van der Waals surface area contributed by atoms with Crippen LogP contribution < -0.4 is 0 Å². The van der Waals surface area contributed by atoms with Gasteiger partial charge in [0.2, 0.25) is 0 Å². The molecule has 0 radical (unpaired) electrons. The molecule has 0 aliphatic heterocycles.